The Morgan fingerprint density at radius 3 is 1.76 bits per heavy atom. The van der Waals surface area contributed by atoms with Crippen molar-refractivity contribution in [3.05, 3.63) is 53.5 Å². The fourth-order valence-electron chi connectivity index (χ4n) is 0.869. The van der Waals surface area contributed by atoms with Gasteiger partial charge in [-0.2, -0.15) is 0 Å². The first-order chi connectivity index (χ1) is 9.20. The monoisotopic (exact) mass is 322 g/mol. The fourth-order valence-corrected chi connectivity index (χ4v) is 1.19. The first-order valence-corrected chi connectivity index (χ1v) is 6.51. The van der Waals surface area contributed by atoms with Crippen molar-refractivity contribution in [2.45, 2.75) is 0 Å². The molecule has 0 aliphatic carbocycles. The average Bonchev–Trinajstić information content (AvgIpc) is 2.35. The van der Waals surface area contributed by atoms with Gasteiger partial charge in [-0.3, -0.25) is 0 Å². The maximum atomic E-state index is 10.2. The van der Waals surface area contributed by atoms with Gasteiger partial charge in [0.1, 0.15) is 10.1 Å². The Hall–Kier alpha value is -1.45. The molecule has 0 fully saturated rings. The van der Waals surface area contributed by atoms with E-state index >= 15 is 0 Å². The van der Waals surface area contributed by atoms with Gasteiger partial charge in [0.05, 0.1) is 0 Å². The second-order valence-corrected chi connectivity index (χ2v) is 4.47. The summed E-state index contributed by atoms with van der Waals surface area (Å²) in [4.78, 5) is 19.1. The second kappa shape index (κ2) is 11.2. The van der Waals surface area contributed by atoms with Gasteiger partial charge in [-0.25, -0.2) is 18.0 Å². The van der Waals surface area contributed by atoms with Gasteiger partial charge in [-0.15, -0.1) is 0 Å². The van der Waals surface area contributed by atoms with E-state index in [1.54, 1.807) is 24.3 Å². The minimum atomic E-state index is -4.25. The van der Waals surface area contributed by atoms with E-state index in [-0.39, 0.29) is 29.6 Å². The number of carbonyl (C=O) groups is 2. The summed E-state index contributed by atoms with van der Waals surface area (Å²) in [6.45, 7) is 0. The molecule has 0 saturated heterocycles. The van der Waals surface area contributed by atoms with Crippen molar-refractivity contribution in [3.8, 4) is 0 Å². The molecule has 9 heteroatoms. The number of carboxylic acid groups (broad SMARTS) is 2. The maximum absolute atomic E-state index is 10.2. The van der Waals surface area contributed by atoms with Crippen molar-refractivity contribution in [3.63, 3.8) is 0 Å². The molecule has 0 bridgehead atoms. The molecule has 21 heavy (non-hydrogen) atoms. The molecule has 1 aromatic rings. The smallest absolute Gasteiger partial charge is 0.744 e. The van der Waals surface area contributed by atoms with Crippen LogP contribution in [0.15, 0.2) is 47.9 Å². The molecule has 0 radical (unpaired) electrons. The van der Waals surface area contributed by atoms with Crippen LogP contribution in [0.4, 0.5) is 0 Å². The van der Waals surface area contributed by atoms with E-state index in [1.807, 2.05) is 6.07 Å². The maximum Gasteiger partial charge on any atom is 1.00 e. The van der Waals surface area contributed by atoms with E-state index in [0.29, 0.717) is 23.1 Å². The normalized spacial score (nSPS) is 10.5. The van der Waals surface area contributed by atoms with Crippen molar-refractivity contribution >= 4 is 28.1 Å². The van der Waals surface area contributed by atoms with E-state index in [9.17, 15) is 22.6 Å². The van der Waals surface area contributed by atoms with E-state index in [2.05, 4.69) is 0 Å². The van der Waals surface area contributed by atoms with Crippen LogP contribution in [-0.4, -0.2) is 35.1 Å². The molecule has 0 aromatic heterocycles. The third kappa shape index (κ3) is 16.5. The van der Waals surface area contributed by atoms with Crippen molar-refractivity contribution in [2.75, 3.05) is 0 Å². The van der Waals surface area contributed by atoms with Crippen molar-refractivity contribution in [1.29, 1.82) is 0 Å². The van der Waals surface area contributed by atoms with E-state index in [4.69, 9.17) is 10.2 Å². The predicted molar refractivity (Wildman–Crippen MR) is 69.6 cm³/mol. The minimum absolute atomic E-state index is 0. The van der Waals surface area contributed by atoms with Gasteiger partial charge >= 0.3 is 41.5 Å². The summed E-state index contributed by atoms with van der Waals surface area (Å²) in [5.41, 5.74) is 0.692. The van der Waals surface area contributed by atoms with Crippen LogP contribution in [0.5, 0.6) is 0 Å². The molecular formula is C12H11NaO7S. The van der Waals surface area contributed by atoms with Crippen LogP contribution in [-0.2, 0) is 19.7 Å². The number of benzene rings is 1. The number of hydrogen-bond acceptors (Lipinski definition) is 5. The predicted octanol–water partition coefficient (Wildman–Crippen LogP) is -2.08. The fraction of sp³-hybridized carbons (Fsp3) is 0. The molecule has 0 saturated carbocycles. The molecule has 108 valence electrons. The summed E-state index contributed by atoms with van der Waals surface area (Å²) < 4.78 is 30.5. The zero-order chi connectivity index (χ0) is 15.6. The molecule has 7 nitrogen and oxygen atoms in total. The Labute approximate surface area is 143 Å². The molecular weight excluding hydrogens is 311 g/mol. The van der Waals surface area contributed by atoms with Gasteiger partial charge in [0.25, 0.3) is 0 Å². The first kappa shape index (κ1) is 21.8. The van der Waals surface area contributed by atoms with Gasteiger partial charge in [-0.1, -0.05) is 30.3 Å². The molecule has 0 aliphatic rings. The average molecular weight is 322 g/mol. The topological polar surface area (TPSA) is 132 Å². The van der Waals surface area contributed by atoms with Crippen LogP contribution in [0.2, 0.25) is 0 Å². The standard InChI is InChI=1S/C8H8O3S.C4H4O4.Na/c9-12(10,11)7-6-8-4-2-1-3-5-8;5-3(6)1-2-4(7)8;/h1-7H,(H,9,10,11);1-2H,(H,5,6)(H,7,8);/q;;+1/p-1/b;2-1-;. The summed E-state index contributed by atoms with van der Waals surface area (Å²) in [5, 5.41) is 16.3. The molecule has 1 aromatic carbocycles. The largest absolute Gasteiger partial charge is 1.00 e. The molecule has 0 heterocycles. The third-order valence-corrected chi connectivity index (χ3v) is 2.06. The van der Waals surface area contributed by atoms with Crippen LogP contribution in [0.1, 0.15) is 5.56 Å². The van der Waals surface area contributed by atoms with Crippen LogP contribution in [0.3, 0.4) is 0 Å². The Bertz CT molecular complexity index is 590. The molecule has 0 amide bonds. The summed E-state index contributed by atoms with van der Waals surface area (Å²) >= 11 is 0. The number of rotatable bonds is 4. The SMILES string of the molecule is O=C(O)/C=C\C(=O)O.O=S(=O)([O-])C=Cc1ccccc1.[Na+]. The molecule has 0 spiro atoms. The Balaban J connectivity index is 0. The van der Waals surface area contributed by atoms with Gasteiger partial charge in [0.2, 0.25) is 0 Å². The van der Waals surface area contributed by atoms with Gasteiger partial charge in [0, 0.05) is 17.6 Å². The van der Waals surface area contributed by atoms with Crippen LogP contribution < -0.4 is 29.6 Å². The molecule has 0 atom stereocenters. The van der Waals surface area contributed by atoms with Crippen molar-refractivity contribution < 1.29 is 62.3 Å². The minimum Gasteiger partial charge on any atom is -0.744 e. The van der Waals surface area contributed by atoms with E-state index in [0.717, 1.165) is 0 Å². The Kier molecular flexibility index (Phi) is 11.7. The zero-order valence-corrected chi connectivity index (χ0v) is 13.9. The number of aliphatic carboxylic acids is 2. The van der Waals surface area contributed by atoms with E-state index < -0.39 is 22.1 Å². The first-order valence-electron chi connectivity index (χ1n) is 5.03. The number of carboxylic acids is 2. The molecule has 0 aliphatic heterocycles. The van der Waals surface area contributed by atoms with Crippen LogP contribution in [0, 0.1) is 0 Å². The molecule has 2 N–H and O–H groups in total. The van der Waals surface area contributed by atoms with Crippen LogP contribution in [0.25, 0.3) is 6.08 Å². The third-order valence-electron chi connectivity index (χ3n) is 1.60. The number of hydrogen-bond donors (Lipinski definition) is 2. The van der Waals surface area contributed by atoms with Crippen molar-refractivity contribution in [1.82, 2.24) is 0 Å². The van der Waals surface area contributed by atoms with Crippen molar-refractivity contribution in [2.24, 2.45) is 0 Å². The molecule has 1 rings (SSSR count). The zero-order valence-electron chi connectivity index (χ0n) is 11.0. The summed E-state index contributed by atoms with van der Waals surface area (Å²) in [5.74, 6) is -2.51. The van der Waals surface area contributed by atoms with Gasteiger partial charge in [0.15, 0.2) is 0 Å². The van der Waals surface area contributed by atoms with Gasteiger partial charge < -0.3 is 14.8 Å². The van der Waals surface area contributed by atoms with Crippen LogP contribution >= 0.6 is 0 Å². The Morgan fingerprint density at radius 1 is 1.00 bits per heavy atom. The Morgan fingerprint density at radius 2 is 1.43 bits per heavy atom. The summed E-state index contributed by atoms with van der Waals surface area (Å²) in [6, 6.07) is 8.75. The summed E-state index contributed by atoms with van der Waals surface area (Å²) in [7, 11) is -4.25. The summed E-state index contributed by atoms with van der Waals surface area (Å²) in [6.07, 6.45) is 2.38. The van der Waals surface area contributed by atoms with E-state index in [1.165, 1.54) is 6.08 Å². The van der Waals surface area contributed by atoms with Gasteiger partial charge in [-0.05, 0) is 11.6 Å². The quantitative estimate of drug-likeness (QED) is 0.369. The second-order valence-electron chi connectivity index (χ2n) is 3.22. The molecule has 0 unspecified atom stereocenters.